The van der Waals surface area contributed by atoms with Gasteiger partial charge in [-0.1, -0.05) is 50.5 Å². The summed E-state index contributed by atoms with van der Waals surface area (Å²) in [6.45, 7) is 15.2. The molecule has 0 bridgehead atoms. The van der Waals surface area contributed by atoms with Gasteiger partial charge >= 0.3 is 0 Å². The second-order valence-corrected chi connectivity index (χ2v) is 14.0. The average molecular weight is 405 g/mol. The van der Waals surface area contributed by atoms with Crippen LogP contribution in [-0.4, -0.2) is 26.1 Å². The van der Waals surface area contributed by atoms with Gasteiger partial charge in [-0.05, 0) is 48.3 Å². The molecule has 1 aromatic rings. The van der Waals surface area contributed by atoms with Crippen LogP contribution >= 0.6 is 15.9 Å². The summed E-state index contributed by atoms with van der Waals surface area (Å²) < 4.78 is 21.1. The monoisotopic (exact) mass is 404 g/mol. The summed E-state index contributed by atoms with van der Waals surface area (Å²) >= 11 is 3.37. The molecule has 0 aliphatic carbocycles. The van der Waals surface area contributed by atoms with Crippen LogP contribution in [0.4, 0.5) is 4.39 Å². The smallest absolute Gasteiger partial charge is 0.191 e. The maximum absolute atomic E-state index is 14.1. The third-order valence-electron chi connectivity index (χ3n) is 5.12. The normalized spacial score (nSPS) is 14.9. The first-order chi connectivity index (χ1) is 10.3. The molecule has 1 aromatic carbocycles. The minimum atomic E-state index is -1.82. The number of hydrogen-bond donors (Lipinski definition) is 1. The molecule has 0 aromatic heterocycles. The summed E-state index contributed by atoms with van der Waals surface area (Å²) in [5.41, 5.74) is -0.156. The molecular weight excluding hydrogens is 375 g/mol. The lowest BCUT2D eigenvalue weighted by molar-refractivity contribution is 0.0719. The SMILES string of the molecule is CC(C)(c1cc(Br)ccc1F)C(O)CCO[Si](C)(C)C(C)(C)C. The van der Waals surface area contributed by atoms with Gasteiger partial charge in [-0.3, -0.25) is 0 Å². The molecule has 1 N–H and O–H groups in total. The molecule has 23 heavy (non-hydrogen) atoms. The molecule has 0 radical (unpaired) electrons. The number of hydrogen-bond acceptors (Lipinski definition) is 2. The molecule has 1 atom stereocenters. The van der Waals surface area contributed by atoms with Crippen LogP contribution in [0.5, 0.6) is 0 Å². The molecule has 0 spiro atoms. The summed E-state index contributed by atoms with van der Waals surface area (Å²) in [5, 5.41) is 10.7. The highest BCUT2D eigenvalue weighted by Gasteiger charge is 2.38. The molecule has 0 heterocycles. The highest BCUT2D eigenvalue weighted by atomic mass is 79.9. The molecule has 0 saturated carbocycles. The fourth-order valence-corrected chi connectivity index (χ4v) is 3.60. The van der Waals surface area contributed by atoms with E-state index in [1.54, 1.807) is 12.1 Å². The number of rotatable bonds is 6. The number of aliphatic hydroxyl groups is 1. The van der Waals surface area contributed by atoms with Crippen molar-refractivity contribution in [2.45, 2.75) is 70.7 Å². The molecule has 0 fully saturated rings. The Morgan fingerprint density at radius 2 is 1.78 bits per heavy atom. The van der Waals surface area contributed by atoms with Gasteiger partial charge in [-0.15, -0.1) is 0 Å². The van der Waals surface area contributed by atoms with Crippen molar-refractivity contribution >= 4 is 24.2 Å². The quantitative estimate of drug-likeness (QED) is 0.621. The lowest BCUT2D eigenvalue weighted by atomic mass is 9.78. The van der Waals surface area contributed by atoms with E-state index in [0.717, 1.165) is 4.47 Å². The fraction of sp³-hybridized carbons (Fsp3) is 0.667. The van der Waals surface area contributed by atoms with Gasteiger partial charge in [0.2, 0.25) is 0 Å². The van der Waals surface area contributed by atoms with Gasteiger partial charge in [0.05, 0.1) is 6.10 Å². The van der Waals surface area contributed by atoms with E-state index in [-0.39, 0.29) is 10.9 Å². The van der Waals surface area contributed by atoms with Gasteiger partial charge in [0.25, 0.3) is 0 Å². The second-order valence-electron chi connectivity index (χ2n) is 8.26. The lowest BCUT2D eigenvalue weighted by Crippen LogP contribution is -2.42. The Bertz CT molecular complexity index is 538. The predicted molar refractivity (Wildman–Crippen MR) is 101 cm³/mol. The Hall–Kier alpha value is -0.233. The zero-order valence-corrected chi connectivity index (χ0v) is 17.9. The summed E-state index contributed by atoms with van der Waals surface area (Å²) in [5.74, 6) is -0.289. The Morgan fingerprint density at radius 1 is 1.22 bits per heavy atom. The van der Waals surface area contributed by atoms with Crippen molar-refractivity contribution in [1.29, 1.82) is 0 Å². The molecule has 0 aliphatic heterocycles. The molecule has 2 nitrogen and oxygen atoms in total. The van der Waals surface area contributed by atoms with E-state index in [1.165, 1.54) is 6.07 Å². The maximum atomic E-state index is 14.1. The standard InChI is InChI=1S/C18H30BrFO2Si/c1-17(2,3)23(6,7)22-11-10-16(21)18(4,5)14-12-13(19)8-9-15(14)20/h8-9,12,16,21H,10-11H2,1-7H3. The van der Waals surface area contributed by atoms with Gasteiger partial charge in [0.1, 0.15) is 5.82 Å². The first-order valence-electron chi connectivity index (χ1n) is 8.06. The van der Waals surface area contributed by atoms with Crippen LogP contribution in [0.1, 0.15) is 46.6 Å². The van der Waals surface area contributed by atoms with E-state index in [0.29, 0.717) is 18.6 Å². The maximum Gasteiger partial charge on any atom is 0.191 e. The molecule has 0 aliphatic rings. The lowest BCUT2D eigenvalue weighted by Gasteiger charge is -2.37. The van der Waals surface area contributed by atoms with Crippen molar-refractivity contribution in [3.63, 3.8) is 0 Å². The third kappa shape index (κ3) is 5.12. The first-order valence-corrected chi connectivity index (χ1v) is 11.8. The zero-order valence-electron chi connectivity index (χ0n) is 15.3. The van der Waals surface area contributed by atoms with Gasteiger partial charge in [0, 0.05) is 16.5 Å². The first kappa shape index (κ1) is 20.8. The van der Waals surface area contributed by atoms with Crippen LogP contribution in [-0.2, 0) is 9.84 Å². The topological polar surface area (TPSA) is 29.5 Å². The molecule has 132 valence electrons. The number of halogens is 2. The fourth-order valence-electron chi connectivity index (χ4n) is 2.17. The van der Waals surface area contributed by atoms with E-state index in [4.69, 9.17) is 4.43 Å². The van der Waals surface area contributed by atoms with Gasteiger partial charge in [-0.2, -0.15) is 0 Å². The average Bonchev–Trinajstić information content (AvgIpc) is 2.39. The molecule has 0 saturated heterocycles. The Labute approximate surface area is 149 Å². The van der Waals surface area contributed by atoms with Gasteiger partial charge < -0.3 is 9.53 Å². The van der Waals surface area contributed by atoms with Crippen molar-refractivity contribution in [3.8, 4) is 0 Å². The minimum Gasteiger partial charge on any atom is -0.417 e. The van der Waals surface area contributed by atoms with E-state index in [9.17, 15) is 9.50 Å². The van der Waals surface area contributed by atoms with Crippen LogP contribution in [0.2, 0.25) is 18.1 Å². The molecule has 1 rings (SSSR count). The van der Waals surface area contributed by atoms with Crippen LogP contribution in [0, 0.1) is 5.82 Å². The van der Waals surface area contributed by atoms with E-state index in [1.807, 2.05) is 13.8 Å². The van der Waals surface area contributed by atoms with E-state index in [2.05, 4.69) is 49.8 Å². The Morgan fingerprint density at radius 3 is 2.30 bits per heavy atom. The van der Waals surface area contributed by atoms with Crippen LogP contribution in [0.25, 0.3) is 0 Å². The zero-order chi connectivity index (χ0) is 18.1. The Kier molecular flexibility index (Phi) is 6.64. The molecule has 5 heteroatoms. The van der Waals surface area contributed by atoms with Crippen molar-refractivity contribution in [2.24, 2.45) is 0 Å². The second kappa shape index (κ2) is 7.34. The highest BCUT2D eigenvalue weighted by molar-refractivity contribution is 9.10. The summed E-state index contributed by atoms with van der Waals surface area (Å²) in [6, 6.07) is 4.84. The molecule has 1 unspecified atom stereocenters. The van der Waals surface area contributed by atoms with Gasteiger partial charge in [-0.25, -0.2) is 4.39 Å². The molecule has 0 amide bonds. The summed E-state index contributed by atoms with van der Waals surface area (Å²) in [4.78, 5) is 0. The number of aliphatic hydroxyl groups excluding tert-OH is 1. The molecular formula is C18H30BrFO2Si. The summed E-state index contributed by atoms with van der Waals surface area (Å²) in [6.07, 6.45) is -0.179. The Balaban J connectivity index is 2.77. The van der Waals surface area contributed by atoms with Crippen LogP contribution in [0.3, 0.4) is 0 Å². The van der Waals surface area contributed by atoms with Crippen molar-refractivity contribution in [2.75, 3.05) is 6.61 Å². The highest BCUT2D eigenvalue weighted by Crippen LogP contribution is 2.37. The van der Waals surface area contributed by atoms with Crippen molar-refractivity contribution in [3.05, 3.63) is 34.1 Å². The van der Waals surface area contributed by atoms with Crippen LogP contribution in [0.15, 0.2) is 22.7 Å². The number of benzene rings is 1. The predicted octanol–water partition coefficient (Wildman–Crippen LogP) is 5.64. The van der Waals surface area contributed by atoms with E-state index < -0.39 is 19.8 Å². The largest absolute Gasteiger partial charge is 0.417 e. The minimum absolute atomic E-state index is 0.143. The van der Waals surface area contributed by atoms with E-state index >= 15 is 0 Å². The van der Waals surface area contributed by atoms with Crippen molar-refractivity contribution < 1.29 is 13.9 Å². The third-order valence-corrected chi connectivity index (χ3v) is 10.1. The van der Waals surface area contributed by atoms with Crippen LogP contribution < -0.4 is 0 Å². The summed E-state index contributed by atoms with van der Waals surface area (Å²) in [7, 11) is -1.82. The van der Waals surface area contributed by atoms with Crippen molar-refractivity contribution in [1.82, 2.24) is 0 Å². The van der Waals surface area contributed by atoms with Gasteiger partial charge in [0.15, 0.2) is 8.32 Å².